The molecular formula is C13H17N3. The van der Waals surface area contributed by atoms with Crippen LogP contribution in [-0.2, 0) is 5.41 Å². The van der Waals surface area contributed by atoms with Crippen LogP contribution in [0.15, 0.2) is 30.6 Å². The van der Waals surface area contributed by atoms with Crippen LogP contribution in [0.2, 0.25) is 0 Å². The summed E-state index contributed by atoms with van der Waals surface area (Å²) in [6.07, 6.45) is 3.99. The maximum Gasteiger partial charge on any atom is 0.140 e. The van der Waals surface area contributed by atoms with Gasteiger partial charge in [0.15, 0.2) is 0 Å². The van der Waals surface area contributed by atoms with Crippen molar-refractivity contribution in [3.8, 4) is 5.82 Å². The number of aromatic nitrogens is 3. The van der Waals surface area contributed by atoms with Crippen LogP contribution in [-0.4, -0.2) is 14.5 Å². The molecule has 0 N–H and O–H groups in total. The second-order valence-corrected chi connectivity index (χ2v) is 5.03. The van der Waals surface area contributed by atoms with Gasteiger partial charge in [-0.2, -0.15) is 0 Å². The molecule has 0 atom stereocenters. The average Bonchev–Trinajstić information content (AvgIpc) is 2.68. The Kier molecular flexibility index (Phi) is 2.54. The van der Waals surface area contributed by atoms with Gasteiger partial charge in [-0.25, -0.2) is 9.97 Å². The minimum atomic E-state index is -0.0199. The van der Waals surface area contributed by atoms with Crippen molar-refractivity contribution in [2.75, 3.05) is 0 Å². The maximum absolute atomic E-state index is 4.60. The van der Waals surface area contributed by atoms with E-state index in [4.69, 9.17) is 0 Å². The van der Waals surface area contributed by atoms with Crippen molar-refractivity contribution in [3.05, 3.63) is 42.1 Å². The molecule has 0 aromatic carbocycles. The van der Waals surface area contributed by atoms with E-state index in [1.165, 1.54) is 0 Å². The van der Waals surface area contributed by atoms with Gasteiger partial charge in [0.05, 0.1) is 0 Å². The zero-order valence-corrected chi connectivity index (χ0v) is 10.2. The Morgan fingerprint density at radius 3 is 2.25 bits per heavy atom. The van der Waals surface area contributed by atoms with Crippen molar-refractivity contribution in [1.82, 2.24) is 14.5 Å². The zero-order chi connectivity index (χ0) is 11.8. The SMILES string of the molecule is Cc1cc(-n2cccc2)nc(C(C)(C)C)n1. The Labute approximate surface area is 96.2 Å². The van der Waals surface area contributed by atoms with E-state index in [9.17, 15) is 0 Å². The van der Waals surface area contributed by atoms with Crippen LogP contribution in [0.3, 0.4) is 0 Å². The van der Waals surface area contributed by atoms with Crippen LogP contribution < -0.4 is 0 Å². The molecule has 0 aliphatic carbocycles. The number of aryl methyl sites for hydroxylation is 1. The van der Waals surface area contributed by atoms with Gasteiger partial charge in [0, 0.05) is 29.6 Å². The highest BCUT2D eigenvalue weighted by atomic mass is 15.1. The summed E-state index contributed by atoms with van der Waals surface area (Å²) in [6.45, 7) is 8.38. The van der Waals surface area contributed by atoms with E-state index >= 15 is 0 Å². The Morgan fingerprint density at radius 1 is 1.06 bits per heavy atom. The Morgan fingerprint density at radius 2 is 1.69 bits per heavy atom. The van der Waals surface area contributed by atoms with Gasteiger partial charge < -0.3 is 4.57 Å². The van der Waals surface area contributed by atoms with Crippen LogP contribution in [0.1, 0.15) is 32.3 Å². The molecule has 0 saturated heterocycles. The molecule has 2 aromatic rings. The lowest BCUT2D eigenvalue weighted by Crippen LogP contribution is -2.17. The second-order valence-electron chi connectivity index (χ2n) is 5.03. The molecule has 0 radical (unpaired) electrons. The summed E-state index contributed by atoms with van der Waals surface area (Å²) in [6, 6.07) is 5.98. The molecule has 0 unspecified atom stereocenters. The standard InChI is InChI=1S/C13H17N3/c1-10-9-11(16-7-5-6-8-16)15-12(14-10)13(2,3)4/h5-9H,1-4H3. The van der Waals surface area contributed by atoms with Gasteiger partial charge in [0.2, 0.25) is 0 Å². The van der Waals surface area contributed by atoms with Gasteiger partial charge in [-0.05, 0) is 19.1 Å². The second kappa shape index (κ2) is 3.74. The normalized spacial score (nSPS) is 11.8. The first-order valence-corrected chi connectivity index (χ1v) is 5.46. The number of nitrogens with zero attached hydrogens (tertiary/aromatic N) is 3. The Bertz CT molecular complexity index is 478. The van der Waals surface area contributed by atoms with Crippen LogP contribution >= 0.6 is 0 Å². The van der Waals surface area contributed by atoms with Gasteiger partial charge in [0.1, 0.15) is 11.6 Å². The van der Waals surface area contributed by atoms with Crippen LogP contribution in [0.25, 0.3) is 5.82 Å². The molecule has 2 rings (SSSR count). The molecule has 2 aromatic heterocycles. The first-order valence-electron chi connectivity index (χ1n) is 5.46. The molecule has 0 fully saturated rings. The first kappa shape index (κ1) is 10.9. The van der Waals surface area contributed by atoms with E-state index in [1.54, 1.807) is 0 Å². The van der Waals surface area contributed by atoms with Crippen LogP contribution in [0.5, 0.6) is 0 Å². The number of hydrogen-bond donors (Lipinski definition) is 0. The maximum atomic E-state index is 4.60. The number of rotatable bonds is 1. The largest absolute Gasteiger partial charge is 0.309 e. The molecule has 3 heteroatoms. The van der Waals surface area contributed by atoms with E-state index in [1.807, 2.05) is 42.1 Å². The first-order chi connectivity index (χ1) is 7.47. The van der Waals surface area contributed by atoms with E-state index in [0.29, 0.717) is 0 Å². The topological polar surface area (TPSA) is 30.7 Å². The predicted molar refractivity (Wildman–Crippen MR) is 64.8 cm³/mol. The monoisotopic (exact) mass is 215 g/mol. The Balaban J connectivity index is 2.53. The smallest absolute Gasteiger partial charge is 0.140 e. The molecule has 0 aliphatic rings. The molecule has 16 heavy (non-hydrogen) atoms. The molecule has 0 saturated carbocycles. The lowest BCUT2D eigenvalue weighted by atomic mass is 9.95. The highest BCUT2D eigenvalue weighted by molar-refractivity contribution is 5.27. The van der Waals surface area contributed by atoms with Crippen molar-refractivity contribution in [3.63, 3.8) is 0 Å². The summed E-state index contributed by atoms with van der Waals surface area (Å²) >= 11 is 0. The fraction of sp³-hybridized carbons (Fsp3) is 0.385. The van der Waals surface area contributed by atoms with Gasteiger partial charge >= 0.3 is 0 Å². The van der Waals surface area contributed by atoms with Crippen molar-refractivity contribution < 1.29 is 0 Å². The fourth-order valence-corrected chi connectivity index (χ4v) is 1.51. The number of hydrogen-bond acceptors (Lipinski definition) is 2. The van der Waals surface area contributed by atoms with Crippen molar-refractivity contribution in [2.24, 2.45) is 0 Å². The van der Waals surface area contributed by atoms with E-state index in [-0.39, 0.29) is 5.41 Å². The zero-order valence-electron chi connectivity index (χ0n) is 10.2. The molecule has 3 nitrogen and oxygen atoms in total. The molecule has 0 bridgehead atoms. The molecular weight excluding hydrogens is 198 g/mol. The van der Waals surface area contributed by atoms with E-state index in [2.05, 4.69) is 30.7 Å². The lowest BCUT2D eigenvalue weighted by molar-refractivity contribution is 0.541. The summed E-state index contributed by atoms with van der Waals surface area (Å²) in [4.78, 5) is 9.09. The highest BCUT2D eigenvalue weighted by Gasteiger charge is 2.18. The third-order valence-electron chi connectivity index (χ3n) is 2.38. The third-order valence-corrected chi connectivity index (χ3v) is 2.38. The highest BCUT2D eigenvalue weighted by Crippen LogP contribution is 2.19. The Hall–Kier alpha value is -1.64. The minimum Gasteiger partial charge on any atom is -0.309 e. The molecule has 84 valence electrons. The summed E-state index contributed by atoms with van der Waals surface area (Å²) < 4.78 is 2.00. The summed E-state index contributed by atoms with van der Waals surface area (Å²) in [5, 5.41) is 0. The summed E-state index contributed by atoms with van der Waals surface area (Å²) in [5.74, 6) is 1.82. The molecule has 0 amide bonds. The van der Waals surface area contributed by atoms with Crippen molar-refractivity contribution in [1.29, 1.82) is 0 Å². The summed E-state index contributed by atoms with van der Waals surface area (Å²) in [5.41, 5.74) is 0.983. The average molecular weight is 215 g/mol. The molecule has 2 heterocycles. The minimum absolute atomic E-state index is 0.0199. The van der Waals surface area contributed by atoms with E-state index in [0.717, 1.165) is 17.3 Å². The molecule has 0 aliphatic heterocycles. The van der Waals surface area contributed by atoms with Gasteiger partial charge in [0.25, 0.3) is 0 Å². The quantitative estimate of drug-likeness (QED) is 0.732. The lowest BCUT2D eigenvalue weighted by Gasteiger charge is -2.18. The third kappa shape index (κ3) is 2.13. The van der Waals surface area contributed by atoms with Gasteiger partial charge in [-0.1, -0.05) is 20.8 Å². The predicted octanol–water partition coefficient (Wildman–Crippen LogP) is 2.87. The van der Waals surface area contributed by atoms with E-state index < -0.39 is 0 Å². The molecule has 0 spiro atoms. The van der Waals surface area contributed by atoms with Crippen molar-refractivity contribution >= 4 is 0 Å². The summed E-state index contributed by atoms with van der Waals surface area (Å²) in [7, 11) is 0. The van der Waals surface area contributed by atoms with Crippen LogP contribution in [0.4, 0.5) is 0 Å². The fourth-order valence-electron chi connectivity index (χ4n) is 1.51. The van der Waals surface area contributed by atoms with Crippen LogP contribution in [0, 0.1) is 6.92 Å². The van der Waals surface area contributed by atoms with Gasteiger partial charge in [-0.3, -0.25) is 0 Å². The van der Waals surface area contributed by atoms with Gasteiger partial charge in [-0.15, -0.1) is 0 Å². The van der Waals surface area contributed by atoms with Crippen molar-refractivity contribution in [2.45, 2.75) is 33.1 Å².